The van der Waals surface area contributed by atoms with Gasteiger partial charge in [0.15, 0.2) is 23.3 Å². The Morgan fingerprint density at radius 1 is 0.631 bits per heavy atom. The molecule has 65 heavy (non-hydrogen) atoms. The van der Waals surface area contributed by atoms with Crippen LogP contribution in [0.4, 0.5) is 20.4 Å². The lowest BCUT2D eigenvalue weighted by Crippen LogP contribution is -2.42. The molecule has 0 aliphatic carbocycles. The van der Waals surface area contributed by atoms with Crippen molar-refractivity contribution in [3.8, 4) is 40.8 Å². The Hall–Kier alpha value is -7.28. The lowest BCUT2D eigenvalue weighted by Gasteiger charge is -2.32. The second-order valence-corrected chi connectivity index (χ2v) is 15.3. The molecule has 0 spiro atoms. The van der Waals surface area contributed by atoms with Crippen molar-refractivity contribution in [3.05, 3.63) is 137 Å². The van der Waals surface area contributed by atoms with E-state index in [2.05, 4.69) is 35.9 Å². The summed E-state index contributed by atoms with van der Waals surface area (Å²) in [6, 6.07) is 28.3. The highest BCUT2D eigenvalue weighted by molar-refractivity contribution is 9.10. The van der Waals surface area contributed by atoms with Crippen molar-refractivity contribution in [2.75, 3.05) is 51.9 Å². The number of methoxy groups -OCH3 is 2. The Kier molecular flexibility index (Phi) is 16.6. The third-order valence-electron chi connectivity index (χ3n) is 10.1. The van der Waals surface area contributed by atoms with Gasteiger partial charge in [-0.25, -0.2) is 18.7 Å². The van der Waals surface area contributed by atoms with Gasteiger partial charge in [-0.1, -0.05) is 24.3 Å². The number of phenolic OH excluding ortho intramolecular Hbond substituents is 1. The largest absolute Gasteiger partial charge is 0.508 e. The predicted molar refractivity (Wildman–Crippen MR) is 240 cm³/mol. The molecule has 0 unspecified atom stereocenters. The number of nitrogen functional groups attached to an aromatic ring is 2. The number of rotatable bonds is 10. The molecule has 0 radical (unpaired) electrons. The number of carbonyl (C=O) groups is 2. The van der Waals surface area contributed by atoms with E-state index in [4.69, 9.17) is 40.3 Å². The number of piperidine rings is 2. The fourth-order valence-corrected chi connectivity index (χ4v) is 7.01. The zero-order valence-corrected chi connectivity index (χ0v) is 37.1. The zero-order valence-electron chi connectivity index (χ0n) is 35.5. The first kappa shape index (κ1) is 47.2. The Bertz CT molecular complexity index is 2510. The molecule has 2 aliphatic rings. The number of nitrogens with two attached hydrogens (primary N) is 2. The maximum Gasteiger partial charge on any atom is 0.318 e. The molecule has 340 valence electrons. The average molecular weight is 958 g/mol. The van der Waals surface area contributed by atoms with Crippen LogP contribution in [-0.4, -0.2) is 99.3 Å². The Morgan fingerprint density at radius 2 is 1.05 bits per heavy atom. The Morgan fingerprint density at radius 3 is 1.51 bits per heavy atom. The van der Waals surface area contributed by atoms with Crippen LogP contribution in [0.5, 0.6) is 40.8 Å². The van der Waals surface area contributed by atoms with Crippen molar-refractivity contribution in [2.24, 2.45) is 0 Å². The summed E-state index contributed by atoms with van der Waals surface area (Å²) < 4.78 is 54.4. The number of nitrogens with zero attached hydrogens (tertiary/aromatic N) is 6. The highest BCUT2D eigenvalue weighted by Crippen LogP contribution is 2.29. The van der Waals surface area contributed by atoms with Gasteiger partial charge in [0.25, 0.3) is 11.8 Å². The summed E-state index contributed by atoms with van der Waals surface area (Å²) in [4.78, 5) is 44.4. The van der Waals surface area contributed by atoms with Crippen LogP contribution in [0.25, 0.3) is 0 Å². The van der Waals surface area contributed by atoms with E-state index in [9.17, 15) is 18.4 Å². The molecule has 19 heteroatoms. The van der Waals surface area contributed by atoms with Crippen molar-refractivity contribution in [1.29, 1.82) is 0 Å². The SMILES string of the molecule is COc1ccc(O)cc1.COc1ccc(Oc2ccccc2C(=O)N2CCC(Oc3ncc(F)c(N)n3)CC2)cc1.Nc1nc(OC2CCN(C(=O)c3ccccc3Br)CC2)ncc1F. The van der Waals surface area contributed by atoms with Crippen molar-refractivity contribution < 1.29 is 47.2 Å². The summed E-state index contributed by atoms with van der Waals surface area (Å²) in [6.45, 7) is 2.14. The molecule has 2 aromatic heterocycles. The van der Waals surface area contributed by atoms with Crippen molar-refractivity contribution >= 4 is 39.4 Å². The van der Waals surface area contributed by atoms with E-state index in [-0.39, 0.29) is 53.4 Å². The molecular formula is C46H47BrF2N8O8. The number of carbonyl (C=O) groups excluding carboxylic acids is 2. The number of aromatic hydroxyl groups is 1. The minimum absolute atomic E-state index is 0.0109. The lowest BCUT2D eigenvalue weighted by molar-refractivity contribution is 0.0568. The van der Waals surface area contributed by atoms with Crippen LogP contribution in [0.1, 0.15) is 46.4 Å². The van der Waals surface area contributed by atoms with E-state index >= 15 is 0 Å². The van der Waals surface area contributed by atoms with Crippen LogP contribution >= 0.6 is 15.9 Å². The predicted octanol–water partition coefficient (Wildman–Crippen LogP) is 7.73. The first-order valence-corrected chi connectivity index (χ1v) is 21.2. The standard InChI is InChI=1S/C23H23FN4O4.C16H16BrFN4O2.C7H8O2/c1-30-15-6-8-16(9-7-15)31-20-5-3-2-4-18(20)22(29)28-12-10-17(11-13-28)32-23-26-14-19(24)21(25)27-23;17-12-4-2-1-3-11(12)15(23)22-7-5-10(6-8-22)24-16-20-9-13(18)14(19)21-16;1-9-7-4-2-6(8)3-5-7/h2-9,14,17H,10-13H2,1H3,(H2,25,26,27);1-4,9-10H,5-8H2,(H2,19,20,21);2-5,8H,1H3. The zero-order chi connectivity index (χ0) is 46.3. The maximum atomic E-state index is 13.2. The van der Waals surface area contributed by atoms with Crippen LogP contribution in [-0.2, 0) is 0 Å². The van der Waals surface area contributed by atoms with Gasteiger partial charge in [0.05, 0.1) is 37.7 Å². The smallest absolute Gasteiger partial charge is 0.318 e. The molecule has 6 aromatic rings. The lowest BCUT2D eigenvalue weighted by atomic mass is 10.1. The van der Waals surface area contributed by atoms with E-state index < -0.39 is 11.6 Å². The van der Waals surface area contributed by atoms with E-state index in [1.165, 1.54) is 0 Å². The number of hydrogen-bond donors (Lipinski definition) is 3. The number of likely N-dealkylation sites (tertiary alicyclic amines) is 2. The molecule has 2 fully saturated rings. The number of benzene rings is 4. The minimum atomic E-state index is -0.687. The van der Waals surface area contributed by atoms with Gasteiger partial charge in [0.2, 0.25) is 0 Å². The topological polar surface area (TPSA) is 211 Å². The number of hydrogen-bond acceptors (Lipinski definition) is 14. The van der Waals surface area contributed by atoms with Crippen LogP contribution < -0.4 is 35.2 Å². The van der Waals surface area contributed by atoms with Gasteiger partial charge in [-0.2, -0.15) is 9.97 Å². The molecule has 2 amide bonds. The first-order valence-electron chi connectivity index (χ1n) is 20.4. The molecule has 2 saturated heterocycles. The van der Waals surface area contributed by atoms with Gasteiger partial charge >= 0.3 is 12.0 Å². The first-order chi connectivity index (χ1) is 31.4. The van der Waals surface area contributed by atoms with Gasteiger partial charge in [-0.3, -0.25) is 9.59 Å². The third-order valence-corrected chi connectivity index (χ3v) is 10.8. The molecule has 4 aromatic carbocycles. The molecule has 8 rings (SSSR count). The molecule has 4 heterocycles. The monoisotopic (exact) mass is 956 g/mol. The highest BCUT2D eigenvalue weighted by atomic mass is 79.9. The Balaban J connectivity index is 0.000000186. The number of amides is 2. The fourth-order valence-electron chi connectivity index (χ4n) is 6.55. The molecule has 0 saturated carbocycles. The summed E-state index contributed by atoms with van der Waals surface area (Å²) in [6.07, 6.45) is 4.14. The Labute approximate surface area is 382 Å². The van der Waals surface area contributed by atoms with Crippen molar-refractivity contribution in [1.82, 2.24) is 29.7 Å². The van der Waals surface area contributed by atoms with Crippen molar-refractivity contribution in [2.45, 2.75) is 37.9 Å². The number of halogens is 3. The summed E-state index contributed by atoms with van der Waals surface area (Å²) in [5, 5.41) is 8.80. The molecular weight excluding hydrogens is 910 g/mol. The number of phenols is 1. The normalized spacial score (nSPS) is 13.9. The van der Waals surface area contributed by atoms with E-state index in [1.807, 2.05) is 24.3 Å². The van der Waals surface area contributed by atoms with E-state index in [0.29, 0.717) is 74.5 Å². The average Bonchev–Trinajstić information content (AvgIpc) is 3.33. The highest BCUT2D eigenvalue weighted by Gasteiger charge is 2.28. The van der Waals surface area contributed by atoms with Crippen LogP contribution in [0.3, 0.4) is 0 Å². The fraction of sp³-hybridized carbons (Fsp3) is 0.261. The number of aromatic nitrogens is 4. The van der Waals surface area contributed by atoms with Gasteiger partial charge in [0, 0.05) is 56.3 Å². The molecule has 5 N–H and O–H groups in total. The number of anilines is 2. The summed E-state index contributed by atoms with van der Waals surface area (Å²) in [5.74, 6) is 0.859. The molecule has 16 nitrogen and oxygen atoms in total. The second kappa shape index (κ2) is 22.9. The van der Waals surface area contributed by atoms with Crippen LogP contribution in [0.15, 0.2) is 114 Å². The van der Waals surface area contributed by atoms with Gasteiger partial charge in [-0.05, 0) is 88.7 Å². The number of para-hydroxylation sites is 1. The van der Waals surface area contributed by atoms with Crippen LogP contribution in [0, 0.1) is 11.6 Å². The van der Waals surface area contributed by atoms with E-state index in [0.717, 1.165) is 28.4 Å². The third kappa shape index (κ3) is 13.4. The van der Waals surface area contributed by atoms with Gasteiger partial charge < -0.3 is 50.1 Å². The summed E-state index contributed by atoms with van der Waals surface area (Å²) in [5.41, 5.74) is 12.0. The van der Waals surface area contributed by atoms with E-state index in [1.54, 1.807) is 96.8 Å². The summed E-state index contributed by atoms with van der Waals surface area (Å²) in [7, 11) is 3.19. The molecule has 2 aliphatic heterocycles. The van der Waals surface area contributed by atoms with Gasteiger partial charge in [-0.15, -0.1) is 0 Å². The van der Waals surface area contributed by atoms with Crippen LogP contribution in [0.2, 0.25) is 0 Å². The number of ether oxygens (including phenoxy) is 5. The molecule has 0 bridgehead atoms. The quantitative estimate of drug-likeness (QED) is 0.120. The maximum absolute atomic E-state index is 13.2. The molecule has 0 atom stereocenters. The minimum Gasteiger partial charge on any atom is -0.508 e. The van der Waals surface area contributed by atoms with Crippen molar-refractivity contribution in [3.63, 3.8) is 0 Å². The summed E-state index contributed by atoms with van der Waals surface area (Å²) >= 11 is 3.40. The second-order valence-electron chi connectivity index (χ2n) is 14.4. The van der Waals surface area contributed by atoms with Gasteiger partial charge in [0.1, 0.15) is 41.0 Å².